The largest absolute Gasteiger partial charge is 0.396 e. The first-order valence-corrected chi connectivity index (χ1v) is 6.97. The Kier molecular flexibility index (Phi) is 5.21. The second kappa shape index (κ2) is 7.12. The number of anilines is 1. The van der Waals surface area contributed by atoms with E-state index in [2.05, 4.69) is 29.4 Å². The van der Waals surface area contributed by atoms with E-state index in [0.29, 0.717) is 30.5 Å². The van der Waals surface area contributed by atoms with Crippen molar-refractivity contribution < 1.29 is 9.13 Å². The molecule has 1 aromatic heterocycles. The molecule has 7 heteroatoms. The molecule has 0 aliphatic rings. The molecule has 0 amide bonds. The minimum absolute atomic E-state index is 0.0789. The fraction of sp³-hybridized carbons (Fsp3) is 0.500. The quantitative estimate of drug-likeness (QED) is 0.625. The van der Waals surface area contributed by atoms with Gasteiger partial charge in [0.05, 0.1) is 18.8 Å². The minimum Gasteiger partial charge on any atom is -0.396 e. The molecule has 0 aliphatic heterocycles. The molecule has 0 bridgehead atoms. The van der Waals surface area contributed by atoms with Gasteiger partial charge in [-0.3, -0.25) is 0 Å². The normalized spacial score (nSPS) is 11.2. The number of rotatable bonds is 7. The van der Waals surface area contributed by atoms with Crippen molar-refractivity contribution in [1.29, 1.82) is 0 Å². The molecule has 0 fully saturated rings. The Hall–Kier alpha value is -2.02. The van der Waals surface area contributed by atoms with Gasteiger partial charge in [-0.25, -0.2) is 9.07 Å². The standard InChI is InChI=1S/C14H20FN5O/c1-10(2)5-7-21-8-6-20-14(17-18-19-20)11-3-4-12(15)13(16)9-11/h3-4,9-10H,5-8,16H2,1-2H3. The fourth-order valence-electron chi connectivity index (χ4n) is 1.82. The maximum atomic E-state index is 13.2. The molecule has 0 atom stereocenters. The van der Waals surface area contributed by atoms with Crippen LogP contribution in [0, 0.1) is 11.7 Å². The van der Waals surface area contributed by atoms with Gasteiger partial charge in [0.15, 0.2) is 5.82 Å². The van der Waals surface area contributed by atoms with Crippen molar-refractivity contribution in [3.05, 3.63) is 24.0 Å². The molecule has 2 rings (SSSR count). The van der Waals surface area contributed by atoms with Crippen LogP contribution in [0.15, 0.2) is 18.2 Å². The third-order valence-corrected chi connectivity index (χ3v) is 3.07. The molecular weight excluding hydrogens is 273 g/mol. The molecule has 1 heterocycles. The molecule has 21 heavy (non-hydrogen) atoms. The maximum absolute atomic E-state index is 13.2. The zero-order valence-corrected chi connectivity index (χ0v) is 12.3. The van der Waals surface area contributed by atoms with E-state index >= 15 is 0 Å². The van der Waals surface area contributed by atoms with Gasteiger partial charge in [-0.15, -0.1) is 5.10 Å². The summed E-state index contributed by atoms with van der Waals surface area (Å²) in [4.78, 5) is 0. The molecule has 0 spiro atoms. The topological polar surface area (TPSA) is 78.8 Å². The predicted molar refractivity (Wildman–Crippen MR) is 77.9 cm³/mol. The smallest absolute Gasteiger partial charge is 0.182 e. The average Bonchev–Trinajstić information content (AvgIpc) is 2.89. The van der Waals surface area contributed by atoms with Gasteiger partial charge in [0.1, 0.15) is 5.82 Å². The lowest BCUT2D eigenvalue weighted by molar-refractivity contribution is 0.114. The molecule has 0 unspecified atom stereocenters. The third kappa shape index (κ3) is 4.22. The Balaban J connectivity index is 1.96. The van der Waals surface area contributed by atoms with Crippen LogP contribution in [0.25, 0.3) is 11.4 Å². The van der Waals surface area contributed by atoms with Crippen LogP contribution >= 0.6 is 0 Å². The Morgan fingerprint density at radius 1 is 1.33 bits per heavy atom. The van der Waals surface area contributed by atoms with E-state index in [1.807, 2.05) is 0 Å². The highest BCUT2D eigenvalue weighted by Crippen LogP contribution is 2.20. The van der Waals surface area contributed by atoms with Gasteiger partial charge < -0.3 is 10.5 Å². The van der Waals surface area contributed by atoms with Crippen molar-refractivity contribution in [2.75, 3.05) is 18.9 Å². The number of hydrogen-bond acceptors (Lipinski definition) is 5. The highest BCUT2D eigenvalue weighted by molar-refractivity contribution is 5.61. The lowest BCUT2D eigenvalue weighted by Gasteiger charge is -2.08. The Bertz CT molecular complexity index is 584. The van der Waals surface area contributed by atoms with Crippen molar-refractivity contribution in [2.45, 2.75) is 26.8 Å². The van der Waals surface area contributed by atoms with Gasteiger partial charge in [-0.2, -0.15) is 0 Å². The number of hydrogen-bond donors (Lipinski definition) is 1. The van der Waals surface area contributed by atoms with Crippen LogP contribution < -0.4 is 5.73 Å². The molecule has 0 radical (unpaired) electrons. The van der Waals surface area contributed by atoms with Crippen LogP contribution in [0.3, 0.4) is 0 Å². The van der Waals surface area contributed by atoms with E-state index in [9.17, 15) is 4.39 Å². The third-order valence-electron chi connectivity index (χ3n) is 3.07. The van der Waals surface area contributed by atoms with Gasteiger partial charge in [-0.05, 0) is 41.0 Å². The Morgan fingerprint density at radius 2 is 2.14 bits per heavy atom. The van der Waals surface area contributed by atoms with Gasteiger partial charge in [0.2, 0.25) is 0 Å². The summed E-state index contributed by atoms with van der Waals surface area (Å²) < 4.78 is 20.4. The molecule has 6 nitrogen and oxygen atoms in total. The van der Waals surface area contributed by atoms with Gasteiger partial charge in [0, 0.05) is 12.2 Å². The summed E-state index contributed by atoms with van der Waals surface area (Å²) in [6.07, 6.45) is 1.02. The van der Waals surface area contributed by atoms with E-state index < -0.39 is 5.82 Å². The van der Waals surface area contributed by atoms with Crippen LogP contribution in [0.5, 0.6) is 0 Å². The Morgan fingerprint density at radius 3 is 2.86 bits per heavy atom. The van der Waals surface area contributed by atoms with E-state index in [1.165, 1.54) is 12.1 Å². The van der Waals surface area contributed by atoms with Gasteiger partial charge in [-0.1, -0.05) is 13.8 Å². The lowest BCUT2D eigenvalue weighted by atomic mass is 10.1. The number of ether oxygens (including phenoxy) is 1. The number of benzene rings is 1. The van der Waals surface area contributed by atoms with Crippen LogP contribution in [-0.2, 0) is 11.3 Å². The predicted octanol–water partition coefficient (Wildman–Crippen LogP) is 2.12. The minimum atomic E-state index is -0.449. The van der Waals surface area contributed by atoms with Crippen molar-refractivity contribution in [1.82, 2.24) is 20.2 Å². The highest BCUT2D eigenvalue weighted by Gasteiger charge is 2.10. The van der Waals surface area contributed by atoms with E-state index in [-0.39, 0.29) is 5.69 Å². The van der Waals surface area contributed by atoms with Crippen LogP contribution in [0.2, 0.25) is 0 Å². The van der Waals surface area contributed by atoms with Crippen LogP contribution in [0.1, 0.15) is 20.3 Å². The molecule has 2 aromatic rings. The maximum Gasteiger partial charge on any atom is 0.182 e. The number of aromatic nitrogens is 4. The number of halogens is 1. The highest BCUT2D eigenvalue weighted by atomic mass is 19.1. The molecule has 1 aromatic carbocycles. The molecule has 0 saturated heterocycles. The van der Waals surface area contributed by atoms with Crippen molar-refractivity contribution in [2.24, 2.45) is 5.92 Å². The average molecular weight is 293 g/mol. The monoisotopic (exact) mass is 293 g/mol. The number of nitrogens with two attached hydrogens (primary N) is 1. The van der Waals surface area contributed by atoms with Crippen molar-refractivity contribution in [3.8, 4) is 11.4 Å². The lowest BCUT2D eigenvalue weighted by Crippen LogP contribution is -2.10. The first kappa shape index (κ1) is 15.4. The van der Waals surface area contributed by atoms with Crippen molar-refractivity contribution in [3.63, 3.8) is 0 Å². The van der Waals surface area contributed by atoms with E-state index in [4.69, 9.17) is 10.5 Å². The first-order valence-electron chi connectivity index (χ1n) is 6.97. The molecular formula is C14H20FN5O. The molecule has 0 saturated carbocycles. The SMILES string of the molecule is CC(C)CCOCCn1nnnc1-c1ccc(F)c(N)c1. The van der Waals surface area contributed by atoms with Gasteiger partial charge in [0.25, 0.3) is 0 Å². The van der Waals surface area contributed by atoms with E-state index in [1.54, 1.807) is 10.7 Å². The number of nitrogen functional groups attached to an aromatic ring is 1. The van der Waals surface area contributed by atoms with E-state index in [0.717, 1.165) is 13.0 Å². The molecule has 114 valence electrons. The second-order valence-corrected chi connectivity index (χ2v) is 5.26. The summed E-state index contributed by atoms with van der Waals surface area (Å²) in [5.41, 5.74) is 6.33. The summed E-state index contributed by atoms with van der Waals surface area (Å²) in [7, 11) is 0. The summed E-state index contributed by atoms with van der Waals surface area (Å²) in [5.74, 6) is 0.722. The summed E-state index contributed by atoms with van der Waals surface area (Å²) in [6, 6.07) is 4.44. The number of nitrogens with zero attached hydrogens (tertiary/aromatic N) is 4. The van der Waals surface area contributed by atoms with Crippen molar-refractivity contribution >= 4 is 5.69 Å². The zero-order chi connectivity index (χ0) is 15.2. The number of tetrazole rings is 1. The zero-order valence-electron chi connectivity index (χ0n) is 12.3. The summed E-state index contributed by atoms with van der Waals surface area (Å²) in [5, 5.41) is 11.5. The Labute approximate surface area is 123 Å². The fourth-order valence-corrected chi connectivity index (χ4v) is 1.82. The van der Waals surface area contributed by atoms with Crippen LogP contribution in [-0.4, -0.2) is 33.4 Å². The molecule has 2 N–H and O–H groups in total. The second-order valence-electron chi connectivity index (χ2n) is 5.26. The van der Waals surface area contributed by atoms with Gasteiger partial charge >= 0.3 is 0 Å². The molecule has 0 aliphatic carbocycles. The van der Waals surface area contributed by atoms with Crippen LogP contribution in [0.4, 0.5) is 10.1 Å². The summed E-state index contributed by atoms with van der Waals surface area (Å²) >= 11 is 0. The summed E-state index contributed by atoms with van der Waals surface area (Å²) in [6.45, 7) is 6.10. The first-order chi connectivity index (χ1) is 10.1.